The Morgan fingerprint density at radius 2 is 1.68 bits per heavy atom. The average Bonchev–Trinajstić information content (AvgIpc) is 2.83. The third-order valence-corrected chi connectivity index (χ3v) is 4.86. The number of nitrogens with one attached hydrogen (secondary N) is 3. The fourth-order valence-corrected chi connectivity index (χ4v) is 3.07. The Labute approximate surface area is 201 Å². The van der Waals surface area contributed by atoms with Crippen molar-refractivity contribution in [2.75, 3.05) is 10.6 Å². The molecule has 0 atom stereocenters. The number of aromatic hydroxyl groups is 1. The summed E-state index contributed by atoms with van der Waals surface area (Å²) in [6, 6.07) is 17.8. The van der Waals surface area contributed by atoms with Crippen LogP contribution in [-0.2, 0) is 16.0 Å². The van der Waals surface area contributed by atoms with Gasteiger partial charge in [0.2, 0.25) is 0 Å². The van der Waals surface area contributed by atoms with E-state index in [1.807, 2.05) is 0 Å². The number of hydrogen-bond acceptors (Lipinski definition) is 5. The maximum Gasteiger partial charge on any atom is 0.329 e. The summed E-state index contributed by atoms with van der Waals surface area (Å²) in [4.78, 5) is 37.2. The molecule has 0 heterocycles. The van der Waals surface area contributed by atoms with Gasteiger partial charge in [-0.05, 0) is 54.4 Å². The number of phenols is 1. The van der Waals surface area contributed by atoms with Crippen molar-refractivity contribution in [3.8, 4) is 5.75 Å². The number of hydrazone groups is 1. The smallest absolute Gasteiger partial charge is 0.329 e. The molecule has 0 radical (unpaired) electrons. The van der Waals surface area contributed by atoms with Gasteiger partial charge in [-0.2, -0.15) is 5.10 Å². The van der Waals surface area contributed by atoms with E-state index >= 15 is 0 Å². The van der Waals surface area contributed by atoms with Crippen molar-refractivity contribution in [3.63, 3.8) is 0 Å². The van der Waals surface area contributed by atoms with Crippen LogP contribution in [0.4, 0.5) is 11.4 Å². The lowest BCUT2D eigenvalue weighted by atomic mass is 10.1. The normalized spacial score (nSPS) is 10.5. The number of benzene rings is 3. The van der Waals surface area contributed by atoms with Gasteiger partial charge in [-0.3, -0.25) is 14.4 Å². The van der Waals surface area contributed by atoms with Crippen LogP contribution in [-0.4, -0.2) is 29.0 Å². The number of halogens is 1. The van der Waals surface area contributed by atoms with Crippen LogP contribution >= 0.6 is 11.6 Å². The van der Waals surface area contributed by atoms with Crippen LogP contribution in [0.2, 0.25) is 5.02 Å². The van der Waals surface area contributed by atoms with Crippen LogP contribution in [0.5, 0.6) is 5.75 Å². The topological polar surface area (TPSA) is 120 Å². The first-order chi connectivity index (χ1) is 16.4. The lowest BCUT2D eigenvalue weighted by Gasteiger charge is -2.11. The van der Waals surface area contributed by atoms with Crippen LogP contribution in [0.25, 0.3) is 0 Å². The van der Waals surface area contributed by atoms with Gasteiger partial charge in [0, 0.05) is 16.3 Å². The number of amides is 3. The third-order valence-electron chi connectivity index (χ3n) is 4.61. The van der Waals surface area contributed by atoms with Crippen molar-refractivity contribution in [1.29, 1.82) is 0 Å². The van der Waals surface area contributed by atoms with Crippen molar-refractivity contribution < 1.29 is 19.5 Å². The van der Waals surface area contributed by atoms with E-state index in [-0.39, 0.29) is 17.0 Å². The molecule has 3 amide bonds. The van der Waals surface area contributed by atoms with Crippen molar-refractivity contribution in [2.45, 2.75) is 6.42 Å². The van der Waals surface area contributed by atoms with E-state index in [1.165, 1.54) is 18.3 Å². The lowest BCUT2D eigenvalue weighted by Crippen LogP contribution is -2.33. The molecule has 0 aliphatic rings. The molecule has 0 saturated carbocycles. The molecular weight excluding hydrogens is 456 g/mol. The molecule has 172 valence electrons. The molecule has 0 aromatic heterocycles. The Morgan fingerprint density at radius 1 is 0.941 bits per heavy atom. The van der Waals surface area contributed by atoms with Gasteiger partial charge in [-0.1, -0.05) is 41.9 Å². The summed E-state index contributed by atoms with van der Waals surface area (Å²) >= 11 is 5.85. The molecule has 0 fully saturated rings. The van der Waals surface area contributed by atoms with Crippen LogP contribution < -0.4 is 16.1 Å². The quantitative estimate of drug-likeness (QED) is 0.177. The van der Waals surface area contributed by atoms with E-state index in [1.54, 1.807) is 60.7 Å². The summed E-state index contributed by atoms with van der Waals surface area (Å²) in [6.07, 6.45) is 3.34. The van der Waals surface area contributed by atoms with Crippen molar-refractivity contribution in [3.05, 3.63) is 101 Å². The predicted molar refractivity (Wildman–Crippen MR) is 132 cm³/mol. The predicted octanol–water partition coefficient (Wildman–Crippen LogP) is 4.12. The molecule has 34 heavy (non-hydrogen) atoms. The van der Waals surface area contributed by atoms with Gasteiger partial charge < -0.3 is 15.7 Å². The summed E-state index contributed by atoms with van der Waals surface area (Å²) in [7, 11) is 0. The summed E-state index contributed by atoms with van der Waals surface area (Å²) < 4.78 is 0. The second kappa shape index (κ2) is 11.4. The summed E-state index contributed by atoms with van der Waals surface area (Å²) in [6.45, 7) is 3.63. The zero-order valence-electron chi connectivity index (χ0n) is 17.9. The van der Waals surface area contributed by atoms with Gasteiger partial charge in [0.15, 0.2) is 0 Å². The Kier molecular flexibility index (Phi) is 8.15. The third kappa shape index (κ3) is 6.30. The zero-order chi connectivity index (χ0) is 24.5. The monoisotopic (exact) mass is 476 g/mol. The van der Waals surface area contributed by atoms with Crippen LogP contribution in [0.1, 0.15) is 21.5 Å². The molecular formula is C25H21ClN4O4. The summed E-state index contributed by atoms with van der Waals surface area (Å²) in [5.41, 5.74) is 3.93. The molecule has 0 saturated heterocycles. The largest absolute Gasteiger partial charge is 0.507 e. The van der Waals surface area contributed by atoms with Crippen LogP contribution in [0.3, 0.4) is 0 Å². The molecule has 0 unspecified atom stereocenters. The van der Waals surface area contributed by atoms with E-state index in [2.05, 4.69) is 27.7 Å². The van der Waals surface area contributed by atoms with Gasteiger partial charge in [0.1, 0.15) is 5.75 Å². The first-order valence-electron chi connectivity index (χ1n) is 10.1. The standard InChI is InChI=1S/C25H21ClN4O4/c1-2-6-16-7-5-8-17(22(16)31)15-27-30-25(34)24(33)29-21-10-4-3-9-20(21)23(32)28-19-13-11-18(26)12-14-19/h2-5,7-15,31H,1,6H2,(H,28,32)(H,29,33)(H,30,34)/b27-15+. The van der Waals surface area contributed by atoms with Gasteiger partial charge in [-0.25, -0.2) is 5.43 Å². The molecule has 0 bridgehead atoms. The molecule has 0 aliphatic heterocycles. The van der Waals surface area contributed by atoms with Gasteiger partial charge >= 0.3 is 11.8 Å². The number of carbonyl (C=O) groups is 3. The lowest BCUT2D eigenvalue weighted by molar-refractivity contribution is -0.136. The number of nitrogens with zero attached hydrogens (tertiary/aromatic N) is 1. The molecule has 0 spiro atoms. The molecule has 4 N–H and O–H groups in total. The number of phenolic OH excluding ortho intramolecular Hbond substituents is 1. The molecule has 9 heteroatoms. The molecule has 3 rings (SSSR count). The maximum absolute atomic E-state index is 12.7. The van der Waals surface area contributed by atoms with E-state index in [4.69, 9.17) is 11.6 Å². The SMILES string of the molecule is C=CCc1cccc(/C=N/NC(=O)C(=O)Nc2ccccc2C(=O)Nc2ccc(Cl)cc2)c1O. The van der Waals surface area contributed by atoms with Crippen LogP contribution in [0, 0.1) is 0 Å². The highest BCUT2D eigenvalue weighted by atomic mass is 35.5. The summed E-state index contributed by atoms with van der Waals surface area (Å²) in [5.74, 6) is -2.54. The number of para-hydroxylation sites is 2. The second-order valence-electron chi connectivity index (χ2n) is 7.01. The highest BCUT2D eigenvalue weighted by molar-refractivity contribution is 6.40. The van der Waals surface area contributed by atoms with E-state index in [9.17, 15) is 19.5 Å². The minimum Gasteiger partial charge on any atom is -0.507 e. The van der Waals surface area contributed by atoms with Crippen LogP contribution in [0.15, 0.2) is 84.5 Å². The number of anilines is 2. The Bertz CT molecular complexity index is 1260. The van der Waals surface area contributed by atoms with Crippen molar-refractivity contribution in [2.24, 2.45) is 5.10 Å². The van der Waals surface area contributed by atoms with E-state index < -0.39 is 17.7 Å². The van der Waals surface area contributed by atoms with E-state index in [0.29, 0.717) is 28.3 Å². The highest BCUT2D eigenvalue weighted by Gasteiger charge is 2.18. The Morgan fingerprint density at radius 3 is 2.41 bits per heavy atom. The van der Waals surface area contributed by atoms with E-state index in [0.717, 1.165) is 0 Å². The van der Waals surface area contributed by atoms with Gasteiger partial charge in [0.05, 0.1) is 17.5 Å². The number of rotatable bonds is 7. The van der Waals surface area contributed by atoms with Crippen molar-refractivity contribution >= 4 is 46.9 Å². The van der Waals surface area contributed by atoms with Gasteiger partial charge in [0.25, 0.3) is 5.91 Å². The maximum atomic E-state index is 12.7. The first kappa shape index (κ1) is 24.2. The highest BCUT2D eigenvalue weighted by Crippen LogP contribution is 2.22. The zero-order valence-corrected chi connectivity index (χ0v) is 18.7. The molecule has 3 aromatic rings. The average molecular weight is 477 g/mol. The molecule has 0 aliphatic carbocycles. The first-order valence-corrected chi connectivity index (χ1v) is 10.5. The minimum atomic E-state index is -1.05. The molecule has 3 aromatic carbocycles. The summed E-state index contributed by atoms with van der Waals surface area (Å²) in [5, 5.41) is 19.6. The minimum absolute atomic E-state index is 0.00507. The fraction of sp³-hybridized carbons (Fsp3) is 0.0400. The van der Waals surface area contributed by atoms with Gasteiger partial charge in [-0.15, -0.1) is 6.58 Å². The Hall–Kier alpha value is -4.43. The Balaban J connectivity index is 1.64. The number of hydrogen-bond donors (Lipinski definition) is 4. The molecule has 8 nitrogen and oxygen atoms in total. The van der Waals surface area contributed by atoms with Crippen molar-refractivity contribution in [1.82, 2.24) is 5.43 Å². The number of carbonyl (C=O) groups excluding carboxylic acids is 3. The second-order valence-corrected chi connectivity index (χ2v) is 7.44. The fourth-order valence-electron chi connectivity index (χ4n) is 2.95. The number of allylic oxidation sites excluding steroid dienone is 1.